The number of carbonyl (C=O) groups excluding carboxylic acids is 1. The molecule has 0 radical (unpaired) electrons. The molecule has 7 nitrogen and oxygen atoms in total. The number of aryl methyl sites for hydroxylation is 2. The number of fused-ring (bicyclic) bond motifs is 1. The summed E-state index contributed by atoms with van der Waals surface area (Å²) in [5.41, 5.74) is 2.52. The molecule has 0 atom stereocenters. The van der Waals surface area contributed by atoms with Crippen LogP contribution in [0.1, 0.15) is 63.1 Å². The second-order valence-corrected chi connectivity index (χ2v) is 6.12. The third kappa shape index (κ3) is 9.66. The van der Waals surface area contributed by atoms with Gasteiger partial charge in [0.25, 0.3) is 5.97 Å². The number of carboxylic acid groups (broad SMARTS) is 1. The highest BCUT2D eigenvalue weighted by Gasteiger charge is 2.09. The third-order valence-corrected chi connectivity index (χ3v) is 3.90. The minimum atomic E-state index is -0.833. The molecule has 0 aromatic carbocycles. The quantitative estimate of drug-likeness (QED) is 0.487. The Morgan fingerprint density at radius 2 is 1.92 bits per heavy atom. The van der Waals surface area contributed by atoms with Crippen LogP contribution in [0, 0.1) is 0 Å². The molecule has 25 heavy (non-hydrogen) atoms. The van der Waals surface area contributed by atoms with Gasteiger partial charge in [0.15, 0.2) is 0 Å². The molecule has 2 heterocycles. The van der Waals surface area contributed by atoms with Crippen LogP contribution in [0.25, 0.3) is 0 Å². The molecule has 0 fully saturated rings. The lowest BCUT2D eigenvalue weighted by atomic mass is 10.0. The van der Waals surface area contributed by atoms with Crippen LogP contribution in [0.5, 0.6) is 0 Å². The van der Waals surface area contributed by atoms with E-state index >= 15 is 0 Å². The maximum Gasteiger partial charge on any atom is 0.324 e. The monoisotopic (exact) mass is 351 g/mol. The summed E-state index contributed by atoms with van der Waals surface area (Å²) in [5, 5.41) is 10.8. The fourth-order valence-corrected chi connectivity index (χ4v) is 2.67. The number of aliphatic carboxylic acids is 1. The van der Waals surface area contributed by atoms with Crippen molar-refractivity contribution in [1.29, 1.82) is 0 Å². The number of rotatable bonds is 8. The molecule has 0 spiro atoms. The fraction of sp³-hybridized carbons (Fsp3) is 0.611. The molecule has 0 aliphatic carbocycles. The van der Waals surface area contributed by atoms with Crippen molar-refractivity contribution in [2.75, 3.05) is 11.9 Å². The number of pyridine rings is 1. The van der Waals surface area contributed by atoms with Gasteiger partial charge in [-0.25, -0.2) is 4.98 Å². The number of aromatic nitrogens is 1. The number of hydrogen-bond donors (Lipinski definition) is 3. The van der Waals surface area contributed by atoms with Crippen molar-refractivity contribution < 1.29 is 19.5 Å². The Balaban J connectivity index is 0.000000705. The number of nitrogens with one attached hydrogen (secondary N) is 1. The highest BCUT2D eigenvalue weighted by molar-refractivity contribution is 5.68. The summed E-state index contributed by atoms with van der Waals surface area (Å²) >= 11 is 0. The highest BCUT2D eigenvalue weighted by Crippen LogP contribution is 2.20. The van der Waals surface area contributed by atoms with Crippen molar-refractivity contribution in [3.05, 3.63) is 23.4 Å². The van der Waals surface area contributed by atoms with E-state index in [4.69, 9.17) is 20.8 Å². The van der Waals surface area contributed by atoms with Gasteiger partial charge >= 0.3 is 5.97 Å². The predicted octanol–water partition coefficient (Wildman–Crippen LogP) is 2.83. The maximum absolute atomic E-state index is 10.8. The summed E-state index contributed by atoms with van der Waals surface area (Å²) in [7, 11) is 0. The van der Waals surface area contributed by atoms with E-state index in [1.165, 1.54) is 24.1 Å². The lowest BCUT2D eigenvalue weighted by molar-refractivity contribution is -0.144. The average Bonchev–Trinajstić information content (AvgIpc) is 2.60. The molecule has 4 N–H and O–H groups in total. The van der Waals surface area contributed by atoms with Crippen LogP contribution < -0.4 is 11.2 Å². The van der Waals surface area contributed by atoms with Gasteiger partial charge < -0.3 is 15.3 Å². The van der Waals surface area contributed by atoms with Gasteiger partial charge in [0.1, 0.15) is 5.82 Å². The molecule has 140 valence electrons. The zero-order chi connectivity index (χ0) is 18.5. The number of hydrogen-bond acceptors (Lipinski definition) is 6. The van der Waals surface area contributed by atoms with E-state index in [1.807, 2.05) is 0 Å². The summed E-state index contributed by atoms with van der Waals surface area (Å²) in [4.78, 5) is 28.7. The number of unbranched alkanes of at least 4 members (excludes halogenated alkanes) is 4. The lowest BCUT2D eigenvalue weighted by Crippen LogP contribution is -2.13. The Kier molecular flexibility index (Phi) is 10.2. The van der Waals surface area contributed by atoms with Crippen molar-refractivity contribution in [3.63, 3.8) is 0 Å². The third-order valence-electron chi connectivity index (χ3n) is 3.90. The van der Waals surface area contributed by atoms with Crippen LogP contribution in [0.2, 0.25) is 0 Å². The second kappa shape index (κ2) is 12.2. The molecule has 2 rings (SSSR count). The van der Waals surface area contributed by atoms with Crippen molar-refractivity contribution >= 4 is 17.8 Å². The van der Waals surface area contributed by atoms with Crippen LogP contribution in [0.15, 0.2) is 12.1 Å². The Morgan fingerprint density at radius 3 is 2.64 bits per heavy atom. The van der Waals surface area contributed by atoms with Crippen molar-refractivity contribution in [3.8, 4) is 0 Å². The molecular weight excluding hydrogens is 322 g/mol. The summed E-state index contributed by atoms with van der Waals surface area (Å²) in [6.07, 6.45) is 9.16. The van der Waals surface area contributed by atoms with Gasteiger partial charge in [-0.2, -0.15) is 5.90 Å². The number of nitrogens with two attached hydrogens (primary N) is 1. The van der Waals surface area contributed by atoms with Gasteiger partial charge in [0.05, 0.1) is 0 Å². The van der Waals surface area contributed by atoms with Gasteiger partial charge in [-0.1, -0.05) is 25.3 Å². The summed E-state index contributed by atoms with van der Waals surface area (Å²) in [6, 6.07) is 4.37. The van der Waals surface area contributed by atoms with Crippen LogP contribution >= 0.6 is 0 Å². The van der Waals surface area contributed by atoms with E-state index in [9.17, 15) is 4.79 Å². The van der Waals surface area contributed by atoms with Gasteiger partial charge in [-0.05, 0) is 43.7 Å². The average molecular weight is 351 g/mol. The van der Waals surface area contributed by atoms with Crippen molar-refractivity contribution in [2.24, 2.45) is 5.90 Å². The van der Waals surface area contributed by atoms with E-state index in [-0.39, 0.29) is 5.97 Å². The van der Waals surface area contributed by atoms with E-state index in [0.29, 0.717) is 6.42 Å². The number of carboxylic acids is 1. The van der Waals surface area contributed by atoms with Gasteiger partial charge in [0, 0.05) is 25.6 Å². The lowest BCUT2D eigenvalue weighted by Gasteiger charge is -2.17. The van der Waals surface area contributed by atoms with E-state index in [2.05, 4.69) is 22.3 Å². The smallest absolute Gasteiger partial charge is 0.324 e. The molecular formula is C18H29N3O4. The summed E-state index contributed by atoms with van der Waals surface area (Å²) in [5.74, 6) is 4.72. The SMILES string of the molecule is CC(=O)O.NOC(=O)CCCCCCCc1ccc2c(n1)NCCC2. The van der Waals surface area contributed by atoms with E-state index < -0.39 is 5.97 Å². The number of nitrogens with zero attached hydrogens (tertiary/aromatic N) is 1. The number of carbonyl (C=O) groups is 2. The first-order valence-electron chi connectivity index (χ1n) is 8.84. The zero-order valence-electron chi connectivity index (χ0n) is 14.9. The molecule has 0 amide bonds. The van der Waals surface area contributed by atoms with Crippen LogP contribution in [0.3, 0.4) is 0 Å². The topological polar surface area (TPSA) is 115 Å². The maximum atomic E-state index is 10.8. The van der Waals surface area contributed by atoms with Gasteiger partial charge in [-0.3, -0.25) is 9.59 Å². The first kappa shape index (κ1) is 20.9. The fourth-order valence-electron chi connectivity index (χ4n) is 2.67. The van der Waals surface area contributed by atoms with E-state index in [0.717, 1.165) is 57.8 Å². The highest BCUT2D eigenvalue weighted by atomic mass is 16.7. The molecule has 1 aromatic heterocycles. The van der Waals surface area contributed by atoms with Crippen molar-refractivity contribution in [1.82, 2.24) is 4.98 Å². The Labute approximate surface area is 148 Å². The van der Waals surface area contributed by atoms with Crippen molar-refractivity contribution in [2.45, 2.75) is 64.7 Å². The molecule has 1 aliphatic heterocycles. The molecule has 0 saturated carbocycles. The molecule has 0 unspecified atom stereocenters. The first-order valence-corrected chi connectivity index (χ1v) is 8.84. The van der Waals surface area contributed by atoms with Crippen LogP contribution in [-0.2, 0) is 27.3 Å². The molecule has 0 saturated heterocycles. The van der Waals surface area contributed by atoms with Crippen LogP contribution in [-0.4, -0.2) is 28.6 Å². The molecule has 0 bridgehead atoms. The molecule has 7 heteroatoms. The largest absolute Gasteiger partial charge is 0.481 e. The summed E-state index contributed by atoms with van der Waals surface area (Å²) < 4.78 is 0. The minimum absolute atomic E-state index is 0.319. The first-order chi connectivity index (χ1) is 12.0. The van der Waals surface area contributed by atoms with Gasteiger partial charge in [-0.15, -0.1) is 0 Å². The predicted molar refractivity (Wildman–Crippen MR) is 96.0 cm³/mol. The standard InChI is InChI=1S/C16H25N3O2.C2H4O2/c17-21-15(20)9-5-3-1-2-4-8-14-11-10-13-7-6-12-18-16(13)19-14;1-2(3)4/h10-11H,1-9,12,17H2,(H,18,19);1H3,(H,3,4). The van der Waals surface area contributed by atoms with E-state index in [1.54, 1.807) is 0 Å². The normalized spacial score (nSPS) is 12.2. The number of anilines is 1. The minimum Gasteiger partial charge on any atom is -0.481 e. The van der Waals surface area contributed by atoms with Crippen LogP contribution in [0.4, 0.5) is 5.82 Å². The second-order valence-electron chi connectivity index (χ2n) is 6.12. The zero-order valence-corrected chi connectivity index (χ0v) is 14.9. The summed E-state index contributed by atoms with van der Waals surface area (Å²) in [6.45, 7) is 2.12. The van der Waals surface area contributed by atoms with Gasteiger partial charge in [0.2, 0.25) is 0 Å². The molecule has 1 aliphatic rings. The Morgan fingerprint density at radius 1 is 1.24 bits per heavy atom. The Bertz CT molecular complexity index is 545. The molecule has 1 aromatic rings. The Hall–Kier alpha value is -2.15.